The third kappa shape index (κ3) is 3.32. The number of rotatable bonds is 3. The summed E-state index contributed by atoms with van der Waals surface area (Å²) < 4.78 is 0. The molecule has 0 radical (unpaired) electrons. The molecule has 0 heterocycles. The van der Waals surface area contributed by atoms with E-state index in [-0.39, 0.29) is 0 Å². The quantitative estimate of drug-likeness (QED) is 0.813. The first-order valence-electron chi connectivity index (χ1n) is 7.56. The lowest BCUT2D eigenvalue weighted by Crippen LogP contribution is -2.21. The van der Waals surface area contributed by atoms with Crippen LogP contribution in [0.2, 0.25) is 0 Å². The van der Waals surface area contributed by atoms with Crippen molar-refractivity contribution in [3.63, 3.8) is 0 Å². The Balaban J connectivity index is 2.84. The van der Waals surface area contributed by atoms with Crippen LogP contribution in [0.25, 0.3) is 10.8 Å². The van der Waals surface area contributed by atoms with Crippen LogP contribution in [-0.2, 0) is 16.8 Å². The third-order valence-electron chi connectivity index (χ3n) is 4.03. The minimum absolute atomic E-state index is 0.744. The molecular weight excluding hydrogens is 276 g/mol. The molecule has 0 amide bonds. The topological polar surface area (TPSA) is 60.7 Å². The van der Waals surface area contributed by atoms with Gasteiger partial charge < -0.3 is 15.3 Å². The highest BCUT2D eigenvalue weighted by Crippen LogP contribution is 2.35. The molecule has 3 nitrogen and oxygen atoms in total. The van der Waals surface area contributed by atoms with Crippen LogP contribution in [0.5, 0.6) is 0 Å². The van der Waals surface area contributed by atoms with Gasteiger partial charge >= 0.3 is 0 Å². The highest BCUT2D eigenvalue weighted by Gasteiger charge is 2.25. The Morgan fingerprint density at radius 3 is 1.64 bits per heavy atom. The predicted molar refractivity (Wildman–Crippen MR) is 89.7 cm³/mol. The van der Waals surface area contributed by atoms with E-state index in [0.29, 0.717) is 0 Å². The summed E-state index contributed by atoms with van der Waals surface area (Å²) in [6, 6.07) is 9.49. The smallest absolute Gasteiger partial charge is 0.0846 e. The lowest BCUT2D eigenvalue weighted by molar-refractivity contribution is 0.0723. The van der Waals surface area contributed by atoms with E-state index in [1.807, 2.05) is 30.3 Å². The van der Waals surface area contributed by atoms with Crippen molar-refractivity contribution >= 4 is 10.8 Å². The zero-order chi connectivity index (χ0) is 16.9. The summed E-state index contributed by atoms with van der Waals surface area (Å²) in [4.78, 5) is 0. The van der Waals surface area contributed by atoms with Gasteiger partial charge in [-0.25, -0.2) is 0 Å². The number of hydrogen-bond acceptors (Lipinski definition) is 3. The van der Waals surface area contributed by atoms with Gasteiger partial charge in [-0.05, 0) is 87.2 Å². The molecule has 2 rings (SSSR count). The molecule has 0 unspecified atom stereocenters. The molecule has 0 aromatic heterocycles. The van der Waals surface area contributed by atoms with Crippen molar-refractivity contribution in [2.75, 3.05) is 0 Å². The van der Waals surface area contributed by atoms with Crippen molar-refractivity contribution in [3.05, 3.63) is 47.0 Å². The van der Waals surface area contributed by atoms with E-state index in [4.69, 9.17) is 0 Å². The molecule has 3 heteroatoms. The molecule has 0 aliphatic carbocycles. The summed E-state index contributed by atoms with van der Waals surface area (Å²) >= 11 is 0. The zero-order valence-electron chi connectivity index (χ0n) is 14.2. The number of hydrogen-bond donors (Lipinski definition) is 3. The molecule has 2 aromatic carbocycles. The molecule has 0 spiro atoms. The van der Waals surface area contributed by atoms with E-state index in [0.717, 1.165) is 27.5 Å². The first kappa shape index (κ1) is 16.9. The second kappa shape index (κ2) is 5.05. The monoisotopic (exact) mass is 302 g/mol. The molecule has 0 bridgehead atoms. The number of fused-ring (bicyclic) bond motifs is 1. The van der Waals surface area contributed by atoms with E-state index >= 15 is 0 Å². The van der Waals surface area contributed by atoms with Gasteiger partial charge in [-0.15, -0.1) is 0 Å². The van der Waals surface area contributed by atoms with E-state index in [1.165, 1.54) is 0 Å². The lowest BCUT2D eigenvalue weighted by Gasteiger charge is -2.26. The normalized spacial score (nSPS) is 13.7. The third-order valence-corrected chi connectivity index (χ3v) is 4.03. The minimum Gasteiger partial charge on any atom is -0.386 e. The molecule has 0 fully saturated rings. The Hall–Kier alpha value is -1.42. The van der Waals surface area contributed by atoms with Gasteiger partial charge in [0.1, 0.15) is 0 Å². The lowest BCUT2D eigenvalue weighted by atomic mass is 9.85. The van der Waals surface area contributed by atoms with Crippen molar-refractivity contribution < 1.29 is 15.3 Å². The number of benzene rings is 2. The fourth-order valence-electron chi connectivity index (χ4n) is 2.60. The number of aliphatic hydroxyl groups is 3. The van der Waals surface area contributed by atoms with Crippen LogP contribution in [0.4, 0.5) is 0 Å². The van der Waals surface area contributed by atoms with Crippen LogP contribution < -0.4 is 0 Å². The summed E-state index contributed by atoms with van der Waals surface area (Å²) in [5.41, 5.74) is -0.677. The average molecular weight is 302 g/mol. The van der Waals surface area contributed by atoms with Gasteiger partial charge in [0.25, 0.3) is 0 Å². The minimum atomic E-state index is -1.04. The van der Waals surface area contributed by atoms with Crippen LogP contribution in [0.15, 0.2) is 30.3 Å². The van der Waals surface area contributed by atoms with E-state index in [2.05, 4.69) is 0 Å². The first-order valence-corrected chi connectivity index (χ1v) is 7.56. The van der Waals surface area contributed by atoms with Crippen molar-refractivity contribution in [2.24, 2.45) is 0 Å². The van der Waals surface area contributed by atoms with Crippen molar-refractivity contribution in [1.29, 1.82) is 0 Å². The molecule has 0 saturated heterocycles. The SMILES string of the molecule is CC(C)(O)c1cc(C(C)(C)O)c2cc(C(C)(C)O)ccc2c1. The maximum absolute atomic E-state index is 10.5. The molecular formula is C19H26O3. The van der Waals surface area contributed by atoms with E-state index in [9.17, 15) is 15.3 Å². The second-order valence-corrected chi connectivity index (χ2v) is 7.64. The van der Waals surface area contributed by atoms with Gasteiger partial charge in [-0.1, -0.05) is 12.1 Å². The predicted octanol–water partition coefficient (Wildman–Crippen LogP) is 3.52. The van der Waals surface area contributed by atoms with Gasteiger partial charge in [0, 0.05) is 0 Å². The molecule has 0 aliphatic rings. The fraction of sp³-hybridized carbons (Fsp3) is 0.474. The van der Waals surface area contributed by atoms with Crippen LogP contribution in [0.3, 0.4) is 0 Å². The van der Waals surface area contributed by atoms with Crippen molar-refractivity contribution in [2.45, 2.75) is 58.3 Å². The van der Waals surface area contributed by atoms with Crippen molar-refractivity contribution in [3.8, 4) is 0 Å². The van der Waals surface area contributed by atoms with Gasteiger partial charge in [0.15, 0.2) is 0 Å². The van der Waals surface area contributed by atoms with Crippen LogP contribution in [-0.4, -0.2) is 15.3 Å². The molecule has 120 valence electrons. The van der Waals surface area contributed by atoms with Crippen LogP contribution in [0, 0.1) is 0 Å². The Labute approximate surface area is 132 Å². The molecule has 2 aromatic rings. The average Bonchev–Trinajstić information content (AvgIpc) is 2.33. The Morgan fingerprint density at radius 2 is 1.18 bits per heavy atom. The van der Waals surface area contributed by atoms with Crippen LogP contribution in [0.1, 0.15) is 58.2 Å². The van der Waals surface area contributed by atoms with E-state index < -0.39 is 16.8 Å². The Morgan fingerprint density at radius 1 is 0.636 bits per heavy atom. The highest BCUT2D eigenvalue weighted by atomic mass is 16.3. The van der Waals surface area contributed by atoms with Gasteiger partial charge in [-0.2, -0.15) is 0 Å². The van der Waals surface area contributed by atoms with Crippen molar-refractivity contribution in [1.82, 2.24) is 0 Å². The molecule has 0 aliphatic heterocycles. The Bertz CT molecular complexity index is 695. The van der Waals surface area contributed by atoms with Gasteiger partial charge in [-0.3, -0.25) is 0 Å². The largest absolute Gasteiger partial charge is 0.386 e. The Kier molecular flexibility index (Phi) is 3.89. The highest BCUT2D eigenvalue weighted by molar-refractivity contribution is 5.88. The summed E-state index contributed by atoms with van der Waals surface area (Å²) in [6.07, 6.45) is 0. The molecule has 3 N–H and O–H groups in total. The maximum Gasteiger partial charge on any atom is 0.0846 e. The standard InChI is InChI=1S/C19H26O3/c1-17(2,20)13-8-7-12-9-14(18(3,4)21)11-16(15(12)10-13)19(5,6)22/h7-11,20-22H,1-6H3. The van der Waals surface area contributed by atoms with Gasteiger partial charge in [0.05, 0.1) is 16.8 Å². The van der Waals surface area contributed by atoms with Crippen LogP contribution >= 0.6 is 0 Å². The second-order valence-electron chi connectivity index (χ2n) is 7.64. The maximum atomic E-state index is 10.5. The molecule has 0 saturated carbocycles. The molecule has 22 heavy (non-hydrogen) atoms. The summed E-state index contributed by atoms with van der Waals surface area (Å²) in [5, 5.41) is 32.9. The summed E-state index contributed by atoms with van der Waals surface area (Å²) in [7, 11) is 0. The fourth-order valence-corrected chi connectivity index (χ4v) is 2.60. The van der Waals surface area contributed by atoms with Gasteiger partial charge in [0.2, 0.25) is 0 Å². The zero-order valence-corrected chi connectivity index (χ0v) is 14.2. The first-order chi connectivity index (χ1) is 9.80. The van der Waals surface area contributed by atoms with E-state index in [1.54, 1.807) is 41.5 Å². The molecule has 0 atom stereocenters. The summed E-state index contributed by atoms with van der Waals surface area (Å²) in [6.45, 7) is 10.4. The summed E-state index contributed by atoms with van der Waals surface area (Å²) in [5.74, 6) is 0.